The first-order chi connectivity index (χ1) is 12.5. The molecule has 0 fully saturated rings. The number of amides is 1. The largest absolute Gasteiger partial charge is 0.497 e. The lowest BCUT2D eigenvalue weighted by molar-refractivity contribution is -0.111. The molecule has 0 bridgehead atoms. The minimum Gasteiger partial charge on any atom is -0.497 e. The second-order valence-electron chi connectivity index (χ2n) is 6.46. The maximum absolute atomic E-state index is 12.3. The SMILES string of the molecule is COc1cccc(/C=C/C(=O)Nc2sc3c(c2C(=O)O)CCC(C)C3)c1. The Morgan fingerprint density at radius 3 is 2.92 bits per heavy atom. The summed E-state index contributed by atoms with van der Waals surface area (Å²) in [7, 11) is 1.59. The zero-order valence-electron chi connectivity index (χ0n) is 14.7. The Morgan fingerprint density at radius 2 is 2.19 bits per heavy atom. The third-order valence-electron chi connectivity index (χ3n) is 4.48. The monoisotopic (exact) mass is 371 g/mol. The van der Waals surface area contributed by atoms with Gasteiger partial charge in [-0.05, 0) is 54.5 Å². The molecule has 2 N–H and O–H groups in total. The Labute approximate surface area is 156 Å². The van der Waals surface area contributed by atoms with Gasteiger partial charge in [-0.2, -0.15) is 0 Å². The normalized spacial score (nSPS) is 16.3. The third kappa shape index (κ3) is 3.96. The number of nitrogens with one attached hydrogen (secondary N) is 1. The van der Waals surface area contributed by atoms with Gasteiger partial charge in [-0.1, -0.05) is 19.1 Å². The predicted octanol–water partition coefficient (Wildman–Crippen LogP) is 4.23. The van der Waals surface area contributed by atoms with Gasteiger partial charge < -0.3 is 15.2 Å². The molecule has 0 aliphatic heterocycles. The Kier molecular flexibility index (Phi) is 5.42. The number of benzene rings is 1. The molecule has 1 amide bonds. The van der Waals surface area contributed by atoms with E-state index in [-0.39, 0.29) is 11.5 Å². The van der Waals surface area contributed by atoms with Crippen LogP contribution < -0.4 is 10.1 Å². The summed E-state index contributed by atoms with van der Waals surface area (Å²) in [4.78, 5) is 25.0. The van der Waals surface area contributed by atoms with Crippen LogP contribution in [0.4, 0.5) is 5.00 Å². The number of carbonyl (C=O) groups is 2. The van der Waals surface area contributed by atoms with E-state index in [0.717, 1.165) is 35.3 Å². The van der Waals surface area contributed by atoms with Gasteiger partial charge in [0.2, 0.25) is 5.91 Å². The smallest absolute Gasteiger partial charge is 0.339 e. The van der Waals surface area contributed by atoms with E-state index in [9.17, 15) is 14.7 Å². The Morgan fingerprint density at radius 1 is 1.38 bits per heavy atom. The lowest BCUT2D eigenvalue weighted by Gasteiger charge is -2.17. The van der Waals surface area contributed by atoms with Gasteiger partial charge in [0, 0.05) is 11.0 Å². The van der Waals surface area contributed by atoms with Crippen molar-refractivity contribution in [2.45, 2.75) is 26.2 Å². The zero-order valence-corrected chi connectivity index (χ0v) is 15.6. The van der Waals surface area contributed by atoms with Crippen LogP contribution in [0, 0.1) is 5.92 Å². The van der Waals surface area contributed by atoms with Crippen molar-refractivity contribution in [1.29, 1.82) is 0 Å². The van der Waals surface area contributed by atoms with Crippen molar-refractivity contribution >= 4 is 34.3 Å². The van der Waals surface area contributed by atoms with Crippen LogP contribution in [-0.4, -0.2) is 24.1 Å². The predicted molar refractivity (Wildman–Crippen MR) is 103 cm³/mol. The summed E-state index contributed by atoms with van der Waals surface area (Å²) < 4.78 is 5.16. The molecule has 0 radical (unpaired) electrons. The fraction of sp³-hybridized carbons (Fsp3) is 0.300. The minimum atomic E-state index is -0.982. The van der Waals surface area contributed by atoms with Crippen molar-refractivity contribution in [3.05, 3.63) is 51.9 Å². The van der Waals surface area contributed by atoms with Crippen LogP contribution in [0.3, 0.4) is 0 Å². The van der Waals surface area contributed by atoms with Crippen LogP contribution in [0.1, 0.15) is 39.7 Å². The standard InChI is InChI=1S/C20H21NO4S/c1-12-6-8-15-16(10-12)26-19(18(15)20(23)24)21-17(22)9-7-13-4-3-5-14(11-13)25-2/h3-5,7,9,11-12H,6,8,10H2,1-2H3,(H,21,22)(H,23,24)/b9-7+. The number of fused-ring (bicyclic) bond motifs is 1. The number of hydrogen-bond donors (Lipinski definition) is 2. The molecule has 5 nitrogen and oxygen atoms in total. The van der Waals surface area contributed by atoms with Crippen LogP contribution in [0.5, 0.6) is 5.75 Å². The zero-order chi connectivity index (χ0) is 18.7. The molecule has 1 aromatic carbocycles. The van der Waals surface area contributed by atoms with Gasteiger partial charge in [0.15, 0.2) is 0 Å². The molecule has 136 valence electrons. The van der Waals surface area contributed by atoms with Gasteiger partial charge in [0.05, 0.1) is 12.7 Å². The van der Waals surface area contributed by atoms with E-state index in [1.54, 1.807) is 13.2 Å². The Balaban J connectivity index is 1.79. The molecule has 0 saturated carbocycles. The van der Waals surface area contributed by atoms with E-state index in [4.69, 9.17) is 4.74 Å². The van der Waals surface area contributed by atoms with Crippen molar-refractivity contribution < 1.29 is 19.4 Å². The molecular formula is C20H21NO4S. The molecule has 0 saturated heterocycles. The van der Waals surface area contributed by atoms with Crippen LogP contribution in [0.15, 0.2) is 30.3 Å². The van der Waals surface area contributed by atoms with Gasteiger partial charge in [0.25, 0.3) is 0 Å². The fourth-order valence-corrected chi connectivity index (χ4v) is 4.54. The van der Waals surface area contributed by atoms with Gasteiger partial charge >= 0.3 is 5.97 Å². The average molecular weight is 371 g/mol. The molecule has 1 heterocycles. The second kappa shape index (κ2) is 7.74. The van der Waals surface area contributed by atoms with E-state index in [1.165, 1.54) is 17.4 Å². The maximum Gasteiger partial charge on any atom is 0.339 e. The van der Waals surface area contributed by atoms with Crippen molar-refractivity contribution in [3.63, 3.8) is 0 Å². The minimum absolute atomic E-state index is 0.250. The molecule has 2 aromatic rings. The quantitative estimate of drug-likeness (QED) is 0.771. The Hall–Kier alpha value is -2.60. The molecule has 1 aliphatic rings. The number of rotatable bonds is 5. The number of methoxy groups -OCH3 is 1. The highest BCUT2D eigenvalue weighted by molar-refractivity contribution is 7.17. The summed E-state index contributed by atoms with van der Waals surface area (Å²) in [6.07, 6.45) is 5.68. The number of ether oxygens (including phenoxy) is 1. The van der Waals surface area contributed by atoms with Crippen LogP contribution in [0.25, 0.3) is 6.08 Å². The number of hydrogen-bond acceptors (Lipinski definition) is 4. The fourth-order valence-electron chi connectivity index (χ4n) is 3.14. The molecule has 0 spiro atoms. The van der Waals surface area contributed by atoms with E-state index >= 15 is 0 Å². The lowest BCUT2D eigenvalue weighted by atomic mass is 9.88. The van der Waals surface area contributed by atoms with E-state index in [2.05, 4.69) is 12.2 Å². The maximum atomic E-state index is 12.3. The molecule has 26 heavy (non-hydrogen) atoms. The van der Waals surface area contributed by atoms with Crippen LogP contribution in [-0.2, 0) is 17.6 Å². The molecule has 6 heteroatoms. The number of carbonyl (C=O) groups excluding carboxylic acids is 1. The molecular weight excluding hydrogens is 350 g/mol. The van der Waals surface area contributed by atoms with Crippen molar-refractivity contribution in [3.8, 4) is 5.75 Å². The number of thiophene rings is 1. The lowest BCUT2D eigenvalue weighted by Crippen LogP contribution is -2.13. The van der Waals surface area contributed by atoms with E-state index in [0.29, 0.717) is 16.7 Å². The summed E-state index contributed by atoms with van der Waals surface area (Å²) in [5, 5.41) is 12.7. The molecule has 1 aromatic heterocycles. The molecule has 1 aliphatic carbocycles. The summed E-state index contributed by atoms with van der Waals surface area (Å²) in [5.74, 6) is -0.0776. The highest BCUT2D eigenvalue weighted by atomic mass is 32.1. The first-order valence-corrected chi connectivity index (χ1v) is 9.30. The summed E-state index contributed by atoms with van der Waals surface area (Å²) in [5.41, 5.74) is 1.96. The van der Waals surface area contributed by atoms with Crippen molar-refractivity contribution in [2.75, 3.05) is 12.4 Å². The van der Waals surface area contributed by atoms with E-state index in [1.807, 2.05) is 24.3 Å². The third-order valence-corrected chi connectivity index (χ3v) is 5.65. The summed E-state index contributed by atoms with van der Waals surface area (Å²) >= 11 is 1.38. The molecule has 3 rings (SSSR count). The second-order valence-corrected chi connectivity index (χ2v) is 7.57. The number of carboxylic acid groups (broad SMARTS) is 1. The topological polar surface area (TPSA) is 75.6 Å². The highest BCUT2D eigenvalue weighted by Gasteiger charge is 2.27. The number of anilines is 1. The number of aromatic carboxylic acids is 1. The van der Waals surface area contributed by atoms with Gasteiger partial charge in [-0.15, -0.1) is 11.3 Å². The summed E-state index contributed by atoms with van der Waals surface area (Å²) in [6, 6.07) is 7.35. The van der Waals surface area contributed by atoms with Gasteiger partial charge in [-0.3, -0.25) is 4.79 Å². The van der Waals surface area contributed by atoms with Crippen molar-refractivity contribution in [1.82, 2.24) is 0 Å². The molecule has 1 atom stereocenters. The van der Waals surface area contributed by atoms with Gasteiger partial charge in [-0.25, -0.2) is 4.79 Å². The van der Waals surface area contributed by atoms with Crippen LogP contribution in [0.2, 0.25) is 0 Å². The van der Waals surface area contributed by atoms with Crippen molar-refractivity contribution in [2.24, 2.45) is 5.92 Å². The Bertz CT molecular complexity index is 869. The highest BCUT2D eigenvalue weighted by Crippen LogP contribution is 2.39. The van der Waals surface area contributed by atoms with E-state index < -0.39 is 5.97 Å². The number of carboxylic acids is 1. The van der Waals surface area contributed by atoms with Crippen LogP contribution >= 0.6 is 11.3 Å². The average Bonchev–Trinajstić information content (AvgIpc) is 2.97. The molecule has 1 unspecified atom stereocenters. The summed E-state index contributed by atoms with van der Waals surface area (Å²) in [6.45, 7) is 2.16. The first kappa shape index (κ1) is 18.2. The van der Waals surface area contributed by atoms with Gasteiger partial charge in [0.1, 0.15) is 10.8 Å². The first-order valence-electron chi connectivity index (χ1n) is 8.49.